The molecule has 0 radical (unpaired) electrons. The average molecular weight is 222 g/mol. The SMILES string of the molecule is O=C(CCC(F)(F)F)NCc1ncn[nH]1. The summed E-state index contributed by atoms with van der Waals surface area (Å²) >= 11 is 0. The zero-order valence-corrected chi connectivity index (χ0v) is 7.64. The van der Waals surface area contributed by atoms with Gasteiger partial charge >= 0.3 is 6.18 Å². The van der Waals surface area contributed by atoms with Gasteiger partial charge in [-0.3, -0.25) is 9.89 Å². The van der Waals surface area contributed by atoms with Crippen molar-refractivity contribution in [2.75, 3.05) is 0 Å². The number of H-pyrrole nitrogens is 1. The van der Waals surface area contributed by atoms with Crippen LogP contribution in [0.25, 0.3) is 0 Å². The molecule has 1 rings (SSSR count). The summed E-state index contributed by atoms with van der Waals surface area (Å²) in [5.41, 5.74) is 0. The third-order valence-electron chi connectivity index (χ3n) is 1.55. The van der Waals surface area contributed by atoms with E-state index in [1.807, 2.05) is 0 Å². The molecule has 0 fully saturated rings. The summed E-state index contributed by atoms with van der Waals surface area (Å²) in [6.45, 7) is 0.0523. The third kappa shape index (κ3) is 4.99. The molecule has 84 valence electrons. The Kier molecular flexibility index (Phi) is 3.64. The maximum absolute atomic E-state index is 11.7. The molecule has 0 spiro atoms. The van der Waals surface area contributed by atoms with Gasteiger partial charge in [-0.1, -0.05) is 0 Å². The summed E-state index contributed by atoms with van der Waals surface area (Å²) in [7, 11) is 0. The number of amides is 1. The Morgan fingerprint density at radius 2 is 2.27 bits per heavy atom. The normalized spacial score (nSPS) is 11.4. The highest BCUT2D eigenvalue weighted by atomic mass is 19.4. The third-order valence-corrected chi connectivity index (χ3v) is 1.55. The number of halogens is 3. The van der Waals surface area contributed by atoms with Gasteiger partial charge in [-0.2, -0.15) is 18.3 Å². The van der Waals surface area contributed by atoms with Crippen LogP contribution in [0.1, 0.15) is 18.7 Å². The zero-order chi connectivity index (χ0) is 11.3. The van der Waals surface area contributed by atoms with E-state index >= 15 is 0 Å². The first kappa shape index (κ1) is 11.5. The van der Waals surface area contributed by atoms with Crippen molar-refractivity contribution in [3.8, 4) is 0 Å². The molecule has 0 unspecified atom stereocenters. The van der Waals surface area contributed by atoms with Crippen LogP contribution in [0.5, 0.6) is 0 Å². The first-order valence-corrected chi connectivity index (χ1v) is 4.15. The van der Waals surface area contributed by atoms with Gasteiger partial charge in [0, 0.05) is 6.42 Å². The molecule has 0 aliphatic carbocycles. The largest absolute Gasteiger partial charge is 0.389 e. The smallest absolute Gasteiger partial charge is 0.349 e. The minimum Gasteiger partial charge on any atom is -0.349 e. The maximum Gasteiger partial charge on any atom is 0.389 e. The average Bonchev–Trinajstić information content (AvgIpc) is 2.62. The van der Waals surface area contributed by atoms with Gasteiger partial charge in [-0.15, -0.1) is 0 Å². The number of aromatic amines is 1. The van der Waals surface area contributed by atoms with E-state index in [1.54, 1.807) is 0 Å². The van der Waals surface area contributed by atoms with Crippen molar-refractivity contribution < 1.29 is 18.0 Å². The summed E-state index contributed by atoms with van der Waals surface area (Å²) in [6.07, 6.45) is -4.74. The number of hydrogen-bond acceptors (Lipinski definition) is 3. The van der Waals surface area contributed by atoms with E-state index in [4.69, 9.17) is 0 Å². The van der Waals surface area contributed by atoms with Gasteiger partial charge in [-0.25, -0.2) is 4.98 Å². The number of carbonyl (C=O) groups is 1. The number of hydrogen-bond donors (Lipinski definition) is 2. The zero-order valence-electron chi connectivity index (χ0n) is 7.64. The number of nitrogens with zero attached hydrogens (tertiary/aromatic N) is 2. The van der Waals surface area contributed by atoms with Crippen LogP contribution < -0.4 is 5.32 Å². The Labute approximate surface area is 83.1 Å². The van der Waals surface area contributed by atoms with Crippen molar-refractivity contribution in [1.29, 1.82) is 0 Å². The molecule has 0 atom stereocenters. The molecule has 1 heterocycles. The van der Waals surface area contributed by atoms with Crippen molar-refractivity contribution in [1.82, 2.24) is 20.5 Å². The van der Waals surface area contributed by atoms with Crippen molar-refractivity contribution in [2.45, 2.75) is 25.6 Å². The number of nitrogens with one attached hydrogen (secondary N) is 2. The molecule has 15 heavy (non-hydrogen) atoms. The molecule has 2 N–H and O–H groups in total. The molecule has 1 aromatic rings. The summed E-state index contributed by atoms with van der Waals surface area (Å²) in [6, 6.07) is 0. The van der Waals surface area contributed by atoms with Crippen molar-refractivity contribution >= 4 is 5.91 Å². The van der Waals surface area contributed by atoms with E-state index in [0.29, 0.717) is 5.82 Å². The second-order valence-electron chi connectivity index (χ2n) is 2.82. The molecule has 0 saturated heterocycles. The van der Waals surface area contributed by atoms with Crippen LogP contribution in [-0.4, -0.2) is 27.3 Å². The molecule has 0 saturated carbocycles. The van der Waals surface area contributed by atoms with Crippen LogP contribution in [0.15, 0.2) is 6.33 Å². The topological polar surface area (TPSA) is 70.7 Å². The number of rotatable bonds is 4. The summed E-state index contributed by atoms with van der Waals surface area (Å²) in [5.74, 6) is -0.265. The van der Waals surface area contributed by atoms with E-state index < -0.39 is 24.9 Å². The van der Waals surface area contributed by atoms with E-state index in [2.05, 4.69) is 20.5 Å². The minimum atomic E-state index is -4.30. The Balaban J connectivity index is 2.20. The van der Waals surface area contributed by atoms with Gasteiger partial charge in [0.15, 0.2) is 0 Å². The Morgan fingerprint density at radius 3 is 2.80 bits per heavy atom. The van der Waals surface area contributed by atoms with Crippen LogP contribution in [0, 0.1) is 0 Å². The van der Waals surface area contributed by atoms with Gasteiger partial charge in [0.05, 0.1) is 13.0 Å². The molecule has 0 aromatic carbocycles. The molecular formula is C7H9F3N4O. The van der Waals surface area contributed by atoms with Gasteiger partial charge in [-0.05, 0) is 0 Å². The van der Waals surface area contributed by atoms with Crippen molar-refractivity contribution in [3.63, 3.8) is 0 Å². The first-order valence-electron chi connectivity index (χ1n) is 4.15. The molecular weight excluding hydrogens is 213 g/mol. The number of aromatic nitrogens is 3. The van der Waals surface area contributed by atoms with Crippen LogP contribution in [0.3, 0.4) is 0 Å². The van der Waals surface area contributed by atoms with Crippen LogP contribution in [-0.2, 0) is 11.3 Å². The minimum absolute atomic E-state index is 0.0523. The lowest BCUT2D eigenvalue weighted by molar-refractivity contribution is -0.144. The fraction of sp³-hybridized carbons (Fsp3) is 0.571. The van der Waals surface area contributed by atoms with Gasteiger partial charge in [0.2, 0.25) is 5.91 Å². The van der Waals surface area contributed by atoms with E-state index in [9.17, 15) is 18.0 Å². The van der Waals surface area contributed by atoms with Crippen LogP contribution in [0.2, 0.25) is 0 Å². The molecule has 0 aliphatic heterocycles. The fourth-order valence-electron chi connectivity index (χ4n) is 0.842. The number of carbonyl (C=O) groups excluding carboxylic acids is 1. The Hall–Kier alpha value is -1.60. The van der Waals surface area contributed by atoms with E-state index in [-0.39, 0.29) is 6.54 Å². The highest BCUT2D eigenvalue weighted by Crippen LogP contribution is 2.20. The molecule has 1 aromatic heterocycles. The summed E-state index contributed by atoms with van der Waals surface area (Å²) < 4.78 is 35.2. The van der Waals surface area contributed by atoms with Crippen molar-refractivity contribution in [3.05, 3.63) is 12.2 Å². The monoisotopic (exact) mass is 222 g/mol. The molecule has 0 bridgehead atoms. The predicted molar refractivity (Wildman–Crippen MR) is 43.5 cm³/mol. The molecule has 0 aliphatic rings. The van der Waals surface area contributed by atoms with Crippen LogP contribution in [0.4, 0.5) is 13.2 Å². The maximum atomic E-state index is 11.7. The fourth-order valence-corrected chi connectivity index (χ4v) is 0.842. The lowest BCUT2D eigenvalue weighted by Crippen LogP contribution is -2.25. The van der Waals surface area contributed by atoms with E-state index in [0.717, 1.165) is 0 Å². The van der Waals surface area contributed by atoms with Gasteiger partial charge < -0.3 is 5.32 Å². The number of alkyl halides is 3. The summed E-state index contributed by atoms with van der Waals surface area (Å²) in [4.78, 5) is 14.6. The second kappa shape index (κ2) is 4.76. The van der Waals surface area contributed by atoms with Gasteiger partial charge in [0.25, 0.3) is 0 Å². The Morgan fingerprint density at radius 1 is 1.53 bits per heavy atom. The van der Waals surface area contributed by atoms with E-state index in [1.165, 1.54) is 6.33 Å². The highest BCUT2D eigenvalue weighted by Gasteiger charge is 2.27. The standard InChI is InChI=1S/C7H9F3N4O/c8-7(9,10)2-1-6(15)11-3-5-12-4-13-14-5/h4H,1-3H2,(H,11,15)(H,12,13,14). The second-order valence-corrected chi connectivity index (χ2v) is 2.82. The quantitative estimate of drug-likeness (QED) is 0.790. The first-order chi connectivity index (χ1) is 6.97. The predicted octanol–water partition coefficient (Wildman–Crippen LogP) is 0.763. The lowest BCUT2D eigenvalue weighted by Gasteiger charge is -2.05. The molecule has 1 amide bonds. The Bertz CT molecular complexity index is 309. The highest BCUT2D eigenvalue weighted by molar-refractivity contribution is 5.75. The summed E-state index contributed by atoms with van der Waals surface area (Å²) in [5, 5.41) is 8.27. The van der Waals surface area contributed by atoms with Gasteiger partial charge in [0.1, 0.15) is 12.2 Å². The molecule has 5 nitrogen and oxygen atoms in total. The van der Waals surface area contributed by atoms with Crippen molar-refractivity contribution in [2.24, 2.45) is 0 Å². The van der Waals surface area contributed by atoms with Crippen LogP contribution >= 0.6 is 0 Å². The molecule has 8 heteroatoms. The lowest BCUT2D eigenvalue weighted by atomic mass is 10.3.